The second-order valence-corrected chi connectivity index (χ2v) is 6.64. The molecule has 0 aliphatic carbocycles. The molecule has 1 N–H and O–H groups in total. The fraction of sp³-hybridized carbons (Fsp3) is 0.381. The van der Waals surface area contributed by atoms with Crippen LogP contribution < -0.4 is 10.1 Å². The van der Waals surface area contributed by atoms with Gasteiger partial charge in [0.15, 0.2) is 0 Å². The van der Waals surface area contributed by atoms with Crippen molar-refractivity contribution in [3.8, 4) is 5.75 Å². The van der Waals surface area contributed by atoms with Gasteiger partial charge in [0.25, 0.3) is 5.91 Å². The number of hydrogen-bond donors (Lipinski definition) is 1. The Morgan fingerprint density at radius 1 is 1.12 bits per heavy atom. The van der Waals surface area contributed by atoms with Crippen LogP contribution in [0.1, 0.15) is 55.7 Å². The van der Waals surface area contributed by atoms with Gasteiger partial charge in [-0.05, 0) is 38.5 Å². The van der Waals surface area contributed by atoms with Crippen LogP contribution in [0.5, 0.6) is 5.75 Å². The summed E-state index contributed by atoms with van der Waals surface area (Å²) >= 11 is 0. The minimum absolute atomic E-state index is 0.0534. The standard InChI is InChI=1S/C21H26N2O2/c1-4-5-14-25-19-13-9-7-11-17(19)20-22-18-12-8-6-10-16(18)21(24)23(20)15(2)3/h6-13,15,20,22H,4-5,14H2,1-3H3. The van der Waals surface area contributed by atoms with Crippen LogP contribution in [0.25, 0.3) is 0 Å². The Balaban J connectivity index is 1.99. The molecule has 1 aliphatic heterocycles. The maximum atomic E-state index is 13.1. The number of carbonyl (C=O) groups excluding carboxylic acids is 1. The van der Waals surface area contributed by atoms with E-state index in [0.717, 1.165) is 35.4 Å². The molecular formula is C21H26N2O2. The number of hydrogen-bond acceptors (Lipinski definition) is 3. The molecule has 0 spiro atoms. The zero-order valence-corrected chi connectivity index (χ0v) is 15.2. The number of para-hydroxylation sites is 2. The summed E-state index contributed by atoms with van der Waals surface area (Å²) in [6, 6.07) is 15.7. The molecule has 0 saturated heterocycles. The highest BCUT2D eigenvalue weighted by Gasteiger charge is 2.35. The van der Waals surface area contributed by atoms with Crippen LogP contribution in [0.3, 0.4) is 0 Å². The summed E-state index contributed by atoms with van der Waals surface area (Å²) in [5.74, 6) is 0.893. The Morgan fingerprint density at radius 3 is 2.60 bits per heavy atom. The van der Waals surface area contributed by atoms with Crippen molar-refractivity contribution in [1.29, 1.82) is 0 Å². The van der Waals surface area contributed by atoms with E-state index in [4.69, 9.17) is 4.74 Å². The molecule has 0 radical (unpaired) electrons. The number of ether oxygens (including phenoxy) is 1. The van der Waals surface area contributed by atoms with E-state index < -0.39 is 0 Å². The molecule has 1 atom stereocenters. The van der Waals surface area contributed by atoms with Crippen molar-refractivity contribution in [3.63, 3.8) is 0 Å². The lowest BCUT2D eigenvalue weighted by molar-refractivity contribution is 0.0614. The molecular weight excluding hydrogens is 312 g/mol. The van der Waals surface area contributed by atoms with Crippen molar-refractivity contribution in [2.75, 3.05) is 11.9 Å². The Kier molecular flexibility index (Phi) is 5.27. The quantitative estimate of drug-likeness (QED) is 0.766. The monoisotopic (exact) mass is 338 g/mol. The van der Waals surface area contributed by atoms with Crippen molar-refractivity contribution in [3.05, 3.63) is 59.7 Å². The molecule has 4 nitrogen and oxygen atoms in total. The van der Waals surface area contributed by atoms with E-state index in [1.165, 1.54) is 0 Å². The summed E-state index contributed by atoms with van der Waals surface area (Å²) in [6.07, 6.45) is 1.87. The van der Waals surface area contributed by atoms with E-state index in [-0.39, 0.29) is 18.1 Å². The lowest BCUT2D eigenvalue weighted by Gasteiger charge is -2.41. The molecule has 1 amide bonds. The lowest BCUT2D eigenvalue weighted by Crippen LogP contribution is -2.46. The third-order valence-electron chi connectivity index (χ3n) is 4.49. The zero-order chi connectivity index (χ0) is 17.8. The van der Waals surface area contributed by atoms with Crippen LogP contribution in [0.2, 0.25) is 0 Å². The normalized spacial score (nSPS) is 16.6. The molecule has 1 heterocycles. The smallest absolute Gasteiger partial charge is 0.258 e. The molecule has 2 aromatic rings. The third-order valence-corrected chi connectivity index (χ3v) is 4.49. The van der Waals surface area contributed by atoms with Gasteiger partial charge in [-0.25, -0.2) is 0 Å². The number of amides is 1. The fourth-order valence-corrected chi connectivity index (χ4v) is 3.19. The first kappa shape index (κ1) is 17.3. The number of nitrogens with zero attached hydrogens (tertiary/aromatic N) is 1. The molecule has 1 aliphatic rings. The van der Waals surface area contributed by atoms with Gasteiger partial charge in [0.05, 0.1) is 12.2 Å². The minimum atomic E-state index is -0.236. The molecule has 2 aromatic carbocycles. The number of rotatable bonds is 6. The molecule has 0 saturated carbocycles. The van der Waals surface area contributed by atoms with Crippen molar-refractivity contribution in [2.24, 2.45) is 0 Å². The fourth-order valence-electron chi connectivity index (χ4n) is 3.19. The second-order valence-electron chi connectivity index (χ2n) is 6.64. The molecule has 3 rings (SSSR count). The Morgan fingerprint density at radius 2 is 1.84 bits per heavy atom. The molecule has 132 valence electrons. The third kappa shape index (κ3) is 3.48. The van der Waals surface area contributed by atoms with Crippen LogP contribution in [0.4, 0.5) is 5.69 Å². The summed E-state index contributed by atoms with van der Waals surface area (Å²) < 4.78 is 6.00. The Bertz CT molecular complexity index is 742. The first-order chi connectivity index (χ1) is 12.1. The molecule has 0 aromatic heterocycles. The van der Waals surface area contributed by atoms with E-state index >= 15 is 0 Å². The van der Waals surface area contributed by atoms with Crippen LogP contribution in [0.15, 0.2) is 48.5 Å². The number of nitrogens with one attached hydrogen (secondary N) is 1. The van der Waals surface area contributed by atoms with Gasteiger partial charge in [0.1, 0.15) is 11.9 Å². The van der Waals surface area contributed by atoms with E-state index in [0.29, 0.717) is 6.61 Å². The average Bonchev–Trinajstić information content (AvgIpc) is 2.62. The number of benzene rings is 2. The Hall–Kier alpha value is -2.49. The topological polar surface area (TPSA) is 41.6 Å². The van der Waals surface area contributed by atoms with Crippen LogP contribution in [0, 0.1) is 0 Å². The van der Waals surface area contributed by atoms with Crippen molar-refractivity contribution < 1.29 is 9.53 Å². The molecule has 4 heteroatoms. The number of unbranched alkanes of at least 4 members (excludes halogenated alkanes) is 1. The number of fused-ring (bicyclic) bond motifs is 1. The van der Waals surface area contributed by atoms with Gasteiger partial charge in [0, 0.05) is 17.3 Å². The SMILES string of the molecule is CCCCOc1ccccc1C1Nc2ccccc2C(=O)N1C(C)C. The van der Waals surface area contributed by atoms with Gasteiger partial charge in [0.2, 0.25) is 0 Å². The van der Waals surface area contributed by atoms with Gasteiger partial charge in [-0.2, -0.15) is 0 Å². The highest BCUT2D eigenvalue weighted by Crippen LogP contribution is 2.37. The van der Waals surface area contributed by atoms with Crippen molar-refractivity contribution in [1.82, 2.24) is 4.90 Å². The maximum absolute atomic E-state index is 13.1. The maximum Gasteiger partial charge on any atom is 0.258 e. The molecule has 0 fully saturated rings. The van der Waals surface area contributed by atoms with E-state index in [2.05, 4.69) is 12.2 Å². The van der Waals surface area contributed by atoms with Gasteiger partial charge in [-0.1, -0.05) is 43.7 Å². The summed E-state index contributed by atoms with van der Waals surface area (Å²) in [4.78, 5) is 15.0. The first-order valence-corrected chi connectivity index (χ1v) is 9.03. The van der Waals surface area contributed by atoms with Gasteiger partial charge in [-0.3, -0.25) is 4.79 Å². The van der Waals surface area contributed by atoms with E-state index in [1.54, 1.807) is 0 Å². The number of carbonyl (C=O) groups is 1. The molecule has 0 bridgehead atoms. The van der Waals surface area contributed by atoms with Crippen LogP contribution >= 0.6 is 0 Å². The highest BCUT2D eigenvalue weighted by molar-refractivity contribution is 6.01. The largest absolute Gasteiger partial charge is 0.493 e. The predicted octanol–water partition coefficient (Wildman–Crippen LogP) is 4.84. The first-order valence-electron chi connectivity index (χ1n) is 9.03. The molecule has 1 unspecified atom stereocenters. The van der Waals surface area contributed by atoms with Crippen LogP contribution in [-0.4, -0.2) is 23.5 Å². The van der Waals surface area contributed by atoms with E-state index in [1.807, 2.05) is 67.3 Å². The van der Waals surface area contributed by atoms with Crippen LogP contribution in [-0.2, 0) is 0 Å². The van der Waals surface area contributed by atoms with Crippen molar-refractivity contribution >= 4 is 11.6 Å². The second kappa shape index (κ2) is 7.60. The summed E-state index contributed by atoms with van der Waals surface area (Å²) in [5.41, 5.74) is 2.59. The van der Waals surface area contributed by atoms with Gasteiger partial charge >= 0.3 is 0 Å². The predicted molar refractivity (Wildman–Crippen MR) is 101 cm³/mol. The summed E-state index contributed by atoms with van der Waals surface area (Å²) in [6.45, 7) is 6.92. The number of anilines is 1. The Labute approximate surface area is 149 Å². The highest BCUT2D eigenvalue weighted by atomic mass is 16.5. The zero-order valence-electron chi connectivity index (χ0n) is 15.2. The van der Waals surface area contributed by atoms with Gasteiger partial charge in [-0.15, -0.1) is 0 Å². The summed E-state index contributed by atoms with van der Waals surface area (Å²) in [5, 5.41) is 3.53. The molecule has 25 heavy (non-hydrogen) atoms. The lowest BCUT2D eigenvalue weighted by atomic mass is 10.0. The van der Waals surface area contributed by atoms with Gasteiger partial charge < -0.3 is 15.0 Å². The minimum Gasteiger partial charge on any atom is -0.493 e. The average molecular weight is 338 g/mol. The summed E-state index contributed by atoms with van der Waals surface area (Å²) in [7, 11) is 0. The van der Waals surface area contributed by atoms with E-state index in [9.17, 15) is 4.79 Å². The van der Waals surface area contributed by atoms with Crippen molar-refractivity contribution in [2.45, 2.75) is 45.8 Å².